The lowest BCUT2D eigenvalue weighted by Crippen LogP contribution is -2.71. The van der Waals surface area contributed by atoms with Crippen molar-refractivity contribution in [2.45, 2.75) is 47.0 Å². The van der Waals surface area contributed by atoms with Gasteiger partial charge < -0.3 is 29.7 Å². The Morgan fingerprint density at radius 2 is 1.40 bits per heavy atom. The van der Waals surface area contributed by atoms with E-state index in [1.165, 1.54) is 58.0 Å². The van der Waals surface area contributed by atoms with Gasteiger partial charge in [0.05, 0.1) is 17.3 Å². The first-order valence-corrected chi connectivity index (χ1v) is 29.5. The van der Waals surface area contributed by atoms with Gasteiger partial charge in [0.1, 0.15) is 40.7 Å². The Hall–Kier alpha value is -8.62. The summed E-state index contributed by atoms with van der Waals surface area (Å²) in [6, 6.07) is 56.6. The molecule has 2 aliphatic rings. The maximum absolute atomic E-state index is 15.0. The van der Waals surface area contributed by atoms with Crippen LogP contribution in [0.5, 0.6) is 5.75 Å². The number of carbonyl (C=O) groups excluding carboxylic acids is 4. The molecule has 1 unspecified atom stereocenters. The summed E-state index contributed by atoms with van der Waals surface area (Å²) in [6.07, 6.45) is 1.36. The minimum atomic E-state index is -1.32. The summed E-state index contributed by atoms with van der Waals surface area (Å²) in [5.41, 5.74) is 5.42. The minimum absolute atomic E-state index is 0.0593. The first-order chi connectivity index (χ1) is 39.7. The molecule has 406 valence electrons. The molecule has 2 N–H and O–H groups in total. The number of esters is 2. The van der Waals surface area contributed by atoms with Gasteiger partial charge >= 0.3 is 11.9 Å². The fraction of sp³-hybridized carbons (Fsp3) is 0.161. The lowest BCUT2D eigenvalue weighted by atomic mass is 9.77. The van der Waals surface area contributed by atoms with E-state index in [1.807, 2.05) is 158 Å². The van der Waals surface area contributed by atoms with Crippen LogP contribution < -0.4 is 15.4 Å². The highest BCUT2D eigenvalue weighted by Gasteiger charge is 2.55. The van der Waals surface area contributed by atoms with Crippen molar-refractivity contribution in [3.8, 4) is 5.75 Å². The molecule has 1 saturated heterocycles. The standard InChI is InChI=1S/C62H51N7O8S4/c1-39(58(72)76-54(41-18-8-3-9-19-41)42-20-10-4-11-21-42)77-68-51(49-38-79-60(64-49)67-62(44-22-12-5-13-23-44,45-24-14-6-15-25-45)46-26-16-7-17-27-46)55(70)66-52-56(71)69-53(59(73)75-35-40-28-30-47(74-2)31-29-40)43(36-78-57(52)69)37-80-61-65-48-32-33-63-34-50(48)81-61/h3-34,38-39,52,54,57H,35-37H2,1-2H3,(H,64,67)(H,66,70)/b68-51-/t39-,52?,57-/m0/s1. The largest absolute Gasteiger partial charge is 0.497 e. The highest BCUT2D eigenvalue weighted by Crippen LogP contribution is 2.44. The van der Waals surface area contributed by atoms with E-state index < -0.39 is 52.9 Å². The Labute approximate surface area is 483 Å². The van der Waals surface area contributed by atoms with E-state index in [1.54, 1.807) is 49.1 Å². The molecule has 0 bridgehead atoms. The fourth-order valence-corrected chi connectivity index (χ4v) is 13.7. The second kappa shape index (κ2) is 24.8. The molecule has 0 spiro atoms. The molecule has 2 aliphatic heterocycles. The van der Waals surface area contributed by atoms with Gasteiger partial charge in [-0.05, 0) is 64.1 Å². The molecule has 15 nitrogen and oxygen atoms in total. The molecule has 11 rings (SSSR count). The van der Waals surface area contributed by atoms with E-state index in [-0.39, 0.29) is 23.7 Å². The van der Waals surface area contributed by atoms with Crippen molar-refractivity contribution < 1.29 is 38.2 Å². The summed E-state index contributed by atoms with van der Waals surface area (Å²) in [7, 11) is 1.57. The third-order valence-corrected chi connectivity index (χ3v) is 17.9. The Bertz CT molecular complexity index is 3570. The number of thioether (sulfide) groups is 2. The second-order valence-electron chi connectivity index (χ2n) is 18.7. The van der Waals surface area contributed by atoms with Crippen molar-refractivity contribution in [2.24, 2.45) is 5.16 Å². The number of hydrogen-bond donors (Lipinski definition) is 2. The van der Waals surface area contributed by atoms with Gasteiger partial charge in [0.15, 0.2) is 21.3 Å². The van der Waals surface area contributed by atoms with Gasteiger partial charge in [0.25, 0.3) is 11.8 Å². The number of hydrogen-bond acceptors (Lipinski definition) is 17. The number of amides is 2. The van der Waals surface area contributed by atoms with E-state index in [0.29, 0.717) is 28.0 Å². The predicted octanol–water partition coefficient (Wildman–Crippen LogP) is 11.2. The lowest BCUT2D eigenvalue weighted by molar-refractivity contribution is -0.160. The Morgan fingerprint density at radius 1 is 0.790 bits per heavy atom. The number of benzene rings is 6. The van der Waals surface area contributed by atoms with E-state index in [2.05, 4.69) is 20.8 Å². The van der Waals surface area contributed by atoms with Gasteiger partial charge in [0.2, 0.25) is 6.10 Å². The van der Waals surface area contributed by atoms with E-state index in [4.69, 9.17) is 29.0 Å². The number of rotatable bonds is 21. The number of ether oxygens (including phenoxy) is 3. The van der Waals surface area contributed by atoms with Crippen molar-refractivity contribution in [3.63, 3.8) is 0 Å². The zero-order valence-corrected chi connectivity index (χ0v) is 46.9. The topological polar surface area (TPSA) is 184 Å². The van der Waals surface area contributed by atoms with Crippen molar-refractivity contribution in [1.82, 2.24) is 25.2 Å². The number of nitrogens with zero attached hydrogens (tertiary/aromatic N) is 5. The van der Waals surface area contributed by atoms with Crippen molar-refractivity contribution in [2.75, 3.05) is 23.9 Å². The van der Waals surface area contributed by atoms with Crippen LogP contribution in [0.15, 0.2) is 221 Å². The first-order valence-electron chi connectivity index (χ1n) is 25.7. The van der Waals surface area contributed by atoms with Crippen LogP contribution in [0.1, 0.15) is 52.1 Å². The van der Waals surface area contributed by atoms with Crippen LogP contribution in [-0.2, 0) is 45.6 Å². The van der Waals surface area contributed by atoms with Crippen molar-refractivity contribution in [1.29, 1.82) is 0 Å². The number of carbonyl (C=O) groups is 4. The summed E-state index contributed by atoms with van der Waals surface area (Å²) in [5.74, 6) is -1.43. The molecule has 2 amide bonds. The molecule has 3 aromatic heterocycles. The summed E-state index contributed by atoms with van der Waals surface area (Å²) in [4.78, 5) is 79.2. The maximum Gasteiger partial charge on any atom is 0.355 e. The Kier molecular flexibility index (Phi) is 16.6. The summed E-state index contributed by atoms with van der Waals surface area (Å²) >= 11 is 5.58. The van der Waals surface area contributed by atoms with Gasteiger partial charge in [0, 0.05) is 29.3 Å². The third-order valence-electron chi connectivity index (χ3n) is 13.5. The molecule has 0 saturated carbocycles. The molecular weight excluding hydrogens is 1100 g/mol. The number of anilines is 1. The number of β-lactam (4-membered cyclic amide) rings is 1. The van der Waals surface area contributed by atoms with E-state index >= 15 is 0 Å². The van der Waals surface area contributed by atoms with Crippen LogP contribution in [0, 0.1) is 0 Å². The van der Waals surface area contributed by atoms with Gasteiger partial charge in [-0.3, -0.25) is 19.5 Å². The molecule has 19 heteroatoms. The zero-order chi connectivity index (χ0) is 55.7. The number of thiazole rings is 2. The zero-order valence-electron chi connectivity index (χ0n) is 43.6. The number of oxime groups is 1. The molecular formula is C62H51N7O8S4. The predicted molar refractivity (Wildman–Crippen MR) is 316 cm³/mol. The molecule has 0 radical (unpaired) electrons. The highest BCUT2D eigenvalue weighted by atomic mass is 32.2. The molecule has 9 aromatic rings. The average Bonchev–Trinajstić information content (AvgIpc) is 4.29. The number of pyridine rings is 1. The van der Waals surface area contributed by atoms with Crippen LogP contribution in [0.25, 0.3) is 10.2 Å². The molecule has 5 heterocycles. The smallest absolute Gasteiger partial charge is 0.355 e. The van der Waals surface area contributed by atoms with Gasteiger partial charge in [-0.2, -0.15) is 0 Å². The molecule has 81 heavy (non-hydrogen) atoms. The quantitative estimate of drug-likeness (QED) is 0.0173. The molecule has 0 aliphatic carbocycles. The van der Waals surface area contributed by atoms with Crippen molar-refractivity contribution >= 4 is 91.0 Å². The highest BCUT2D eigenvalue weighted by molar-refractivity contribution is 8.02. The first kappa shape index (κ1) is 54.3. The number of methoxy groups -OCH3 is 1. The lowest BCUT2D eigenvalue weighted by Gasteiger charge is -2.49. The van der Waals surface area contributed by atoms with Crippen LogP contribution in [0.4, 0.5) is 5.13 Å². The van der Waals surface area contributed by atoms with Crippen LogP contribution in [0.3, 0.4) is 0 Å². The van der Waals surface area contributed by atoms with Gasteiger partial charge in [-0.1, -0.05) is 181 Å². The van der Waals surface area contributed by atoms with Crippen molar-refractivity contribution in [3.05, 3.63) is 250 Å². The Morgan fingerprint density at radius 3 is 1.99 bits per heavy atom. The van der Waals surface area contributed by atoms with E-state index in [0.717, 1.165) is 47.9 Å². The third kappa shape index (κ3) is 11.8. The second-order valence-corrected chi connectivity index (χ2v) is 22.9. The maximum atomic E-state index is 15.0. The monoisotopic (exact) mass is 1150 g/mol. The number of nitrogens with one attached hydrogen (secondary N) is 2. The van der Waals surface area contributed by atoms with E-state index in [9.17, 15) is 19.2 Å². The van der Waals surface area contributed by atoms with Crippen LogP contribution in [-0.4, -0.2) is 85.5 Å². The molecule has 6 aromatic carbocycles. The summed E-state index contributed by atoms with van der Waals surface area (Å²) in [6.45, 7) is 1.42. The Balaban J connectivity index is 0.896. The van der Waals surface area contributed by atoms with Crippen LogP contribution in [0.2, 0.25) is 0 Å². The van der Waals surface area contributed by atoms with Gasteiger partial charge in [-0.15, -0.1) is 34.4 Å². The van der Waals surface area contributed by atoms with Crippen LogP contribution >= 0.6 is 46.2 Å². The minimum Gasteiger partial charge on any atom is -0.497 e. The summed E-state index contributed by atoms with van der Waals surface area (Å²) < 4.78 is 19.0. The number of aromatic nitrogens is 3. The molecule has 1 fully saturated rings. The SMILES string of the molecule is COc1ccc(COC(=O)C2=C(CSc3nc4ccncc4s3)CS[C@H]3C(NC(=O)/C(=N\O[C@@H](C)C(=O)OC(c4ccccc4)c4ccccc4)c4csc(NC(c5ccccc5)(c5ccccc5)c5ccccc5)n4)C(=O)N23)cc1. The summed E-state index contributed by atoms with van der Waals surface area (Å²) in [5, 5.41) is 12.4. The fourth-order valence-electron chi connectivity index (χ4n) is 9.46. The average molecular weight is 1150 g/mol. The normalized spacial score (nSPS) is 15.6. The number of fused-ring (bicyclic) bond motifs is 2. The molecule has 3 atom stereocenters. The van der Waals surface area contributed by atoms with Gasteiger partial charge in [-0.25, -0.2) is 19.6 Å².